The molecule has 6 N–H and O–H groups in total. The molecule has 1 aliphatic rings. The van der Waals surface area contributed by atoms with Crippen molar-refractivity contribution in [2.45, 2.75) is 25.7 Å². The van der Waals surface area contributed by atoms with Gasteiger partial charge in [-0.15, -0.1) is 0 Å². The third-order valence-electron chi connectivity index (χ3n) is 5.08. The van der Waals surface area contributed by atoms with Crippen molar-refractivity contribution < 1.29 is 30.0 Å². The van der Waals surface area contributed by atoms with Crippen LogP contribution in [0.5, 0.6) is 11.5 Å². The molecule has 0 atom stereocenters. The lowest BCUT2D eigenvalue weighted by atomic mass is 9.81. The van der Waals surface area contributed by atoms with E-state index in [4.69, 9.17) is 10.2 Å². The second-order valence-corrected chi connectivity index (χ2v) is 7.14. The zero-order chi connectivity index (χ0) is 21.7. The molecular weight excluding hydrogens is 388 g/mol. The SMILES string of the molecule is O=C1c2c(O)ccc(O)c2C(=O)c2c(NCCCCO)ccc(NCCCCO)c21. The van der Waals surface area contributed by atoms with Crippen LogP contribution in [0, 0.1) is 0 Å². The van der Waals surface area contributed by atoms with E-state index >= 15 is 0 Å². The van der Waals surface area contributed by atoms with E-state index in [1.807, 2.05) is 0 Å². The van der Waals surface area contributed by atoms with Gasteiger partial charge in [0.1, 0.15) is 11.5 Å². The number of nitrogens with one attached hydrogen (secondary N) is 2. The maximum atomic E-state index is 13.3. The van der Waals surface area contributed by atoms with Crippen LogP contribution in [0.3, 0.4) is 0 Å². The lowest BCUT2D eigenvalue weighted by molar-refractivity contribution is 0.0975. The molecule has 30 heavy (non-hydrogen) atoms. The minimum Gasteiger partial charge on any atom is -0.507 e. The second kappa shape index (κ2) is 9.60. The second-order valence-electron chi connectivity index (χ2n) is 7.14. The lowest BCUT2D eigenvalue weighted by Gasteiger charge is -2.25. The summed E-state index contributed by atoms with van der Waals surface area (Å²) in [6.07, 6.45) is 2.56. The first-order valence-electron chi connectivity index (χ1n) is 10.0. The summed E-state index contributed by atoms with van der Waals surface area (Å²) in [5.74, 6) is -1.81. The third kappa shape index (κ3) is 4.10. The molecule has 0 radical (unpaired) electrons. The summed E-state index contributed by atoms with van der Waals surface area (Å²) in [6, 6.07) is 5.77. The molecule has 0 fully saturated rings. The smallest absolute Gasteiger partial charge is 0.200 e. The summed E-state index contributed by atoms with van der Waals surface area (Å²) in [7, 11) is 0. The van der Waals surface area contributed by atoms with E-state index in [2.05, 4.69) is 10.6 Å². The number of hydrogen-bond acceptors (Lipinski definition) is 8. The van der Waals surface area contributed by atoms with Crippen LogP contribution in [0.2, 0.25) is 0 Å². The Morgan fingerprint density at radius 2 is 1.00 bits per heavy atom. The van der Waals surface area contributed by atoms with E-state index in [9.17, 15) is 19.8 Å². The van der Waals surface area contributed by atoms with E-state index in [0.29, 0.717) is 50.1 Å². The molecule has 8 heteroatoms. The summed E-state index contributed by atoms with van der Waals surface area (Å²) >= 11 is 0. The maximum Gasteiger partial charge on any atom is 0.200 e. The van der Waals surface area contributed by atoms with E-state index in [1.54, 1.807) is 12.1 Å². The average Bonchev–Trinajstić information content (AvgIpc) is 2.74. The van der Waals surface area contributed by atoms with Crippen LogP contribution >= 0.6 is 0 Å². The Kier molecular flexibility index (Phi) is 6.91. The van der Waals surface area contributed by atoms with Gasteiger partial charge in [-0.1, -0.05) is 0 Å². The minimum absolute atomic E-state index is 0.0639. The number of carbonyl (C=O) groups excluding carboxylic acids is 2. The van der Waals surface area contributed by atoms with Gasteiger partial charge >= 0.3 is 0 Å². The van der Waals surface area contributed by atoms with Gasteiger partial charge in [-0.05, 0) is 49.9 Å². The normalized spacial score (nSPS) is 12.5. The largest absolute Gasteiger partial charge is 0.507 e. The quantitative estimate of drug-likeness (QED) is 0.219. The van der Waals surface area contributed by atoms with Crippen LogP contribution in [0.4, 0.5) is 11.4 Å². The highest BCUT2D eigenvalue weighted by molar-refractivity contribution is 6.33. The van der Waals surface area contributed by atoms with Gasteiger partial charge in [0, 0.05) is 37.7 Å². The molecule has 3 rings (SSSR count). The molecule has 0 aliphatic heterocycles. The van der Waals surface area contributed by atoms with Crippen molar-refractivity contribution in [3.8, 4) is 11.5 Å². The molecule has 0 unspecified atom stereocenters. The van der Waals surface area contributed by atoms with Crippen LogP contribution < -0.4 is 10.6 Å². The summed E-state index contributed by atoms with van der Waals surface area (Å²) in [5.41, 5.74) is 0.784. The van der Waals surface area contributed by atoms with Gasteiger partial charge in [0.25, 0.3) is 0 Å². The Morgan fingerprint density at radius 1 is 0.600 bits per heavy atom. The fraction of sp³-hybridized carbons (Fsp3) is 0.364. The molecule has 0 heterocycles. The van der Waals surface area contributed by atoms with Crippen LogP contribution in [-0.4, -0.2) is 58.3 Å². The van der Waals surface area contributed by atoms with Crippen molar-refractivity contribution in [3.63, 3.8) is 0 Å². The number of benzene rings is 2. The van der Waals surface area contributed by atoms with Crippen LogP contribution in [0.25, 0.3) is 0 Å². The van der Waals surface area contributed by atoms with Crippen molar-refractivity contribution in [1.29, 1.82) is 0 Å². The van der Waals surface area contributed by atoms with Crippen molar-refractivity contribution in [2.75, 3.05) is 36.9 Å². The molecule has 0 amide bonds. The average molecular weight is 414 g/mol. The number of aliphatic hydroxyl groups excluding tert-OH is 2. The molecule has 2 aromatic carbocycles. The van der Waals surface area contributed by atoms with E-state index in [0.717, 1.165) is 0 Å². The molecule has 0 saturated heterocycles. The van der Waals surface area contributed by atoms with Crippen LogP contribution in [0.15, 0.2) is 24.3 Å². The van der Waals surface area contributed by atoms with Crippen molar-refractivity contribution in [1.82, 2.24) is 0 Å². The van der Waals surface area contributed by atoms with Gasteiger partial charge in [0.05, 0.1) is 22.3 Å². The molecule has 1 aliphatic carbocycles. The number of aromatic hydroxyl groups is 2. The maximum absolute atomic E-state index is 13.3. The number of anilines is 2. The number of phenols is 2. The molecular formula is C22H26N2O6. The number of carbonyl (C=O) groups is 2. The molecule has 2 aromatic rings. The topological polar surface area (TPSA) is 139 Å². The highest BCUT2D eigenvalue weighted by Crippen LogP contribution is 2.42. The van der Waals surface area contributed by atoms with Gasteiger partial charge < -0.3 is 31.1 Å². The van der Waals surface area contributed by atoms with Gasteiger partial charge in [-0.25, -0.2) is 0 Å². The summed E-state index contributed by atoms with van der Waals surface area (Å²) in [6.45, 7) is 1.12. The number of ketones is 2. The Hall–Kier alpha value is -3.10. The zero-order valence-corrected chi connectivity index (χ0v) is 16.6. The first-order chi connectivity index (χ1) is 14.5. The molecule has 8 nitrogen and oxygen atoms in total. The number of hydrogen-bond donors (Lipinski definition) is 6. The van der Waals surface area contributed by atoms with Gasteiger partial charge in [-0.3, -0.25) is 9.59 Å². The number of fused-ring (bicyclic) bond motifs is 2. The minimum atomic E-state index is -0.545. The molecule has 0 aromatic heterocycles. The predicted molar refractivity (Wildman–Crippen MR) is 113 cm³/mol. The van der Waals surface area contributed by atoms with Crippen molar-refractivity contribution >= 4 is 22.9 Å². The molecule has 0 spiro atoms. The van der Waals surface area contributed by atoms with Crippen molar-refractivity contribution in [2.24, 2.45) is 0 Å². The van der Waals surface area contributed by atoms with E-state index in [1.165, 1.54) is 12.1 Å². The molecule has 0 saturated carbocycles. The fourth-order valence-electron chi connectivity index (χ4n) is 3.58. The Morgan fingerprint density at radius 3 is 1.37 bits per heavy atom. The Balaban J connectivity index is 2.06. The number of rotatable bonds is 10. The highest BCUT2D eigenvalue weighted by Gasteiger charge is 2.37. The lowest BCUT2D eigenvalue weighted by Crippen LogP contribution is -2.25. The Labute approximate surface area is 174 Å². The van der Waals surface area contributed by atoms with Crippen LogP contribution in [-0.2, 0) is 0 Å². The predicted octanol–water partition coefficient (Wildman–Crippen LogP) is 2.24. The van der Waals surface area contributed by atoms with E-state index < -0.39 is 11.6 Å². The first-order valence-corrected chi connectivity index (χ1v) is 10.0. The summed E-state index contributed by atoms with van der Waals surface area (Å²) in [4.78, 5) is 26.6. The summed E-state index contributed by atoms with van der Waals surface area (Å²) < 4.78 is 0. The number of unbranched alkanes of at least 4 members (excludes halogenated alkanes) is 2. The fourth-order valence-corrected chi connectivity index (χ4v) is 3.58. The van der Waals surface area contributed by atoms with Crippen molar-refractivity contribution in [3.05, 3.63) is 46.5 Å². The van der Waals surface area contributed by atoms with Crippen LogP contribution in [0.1, 0.15) is 57.5 Å². The number of aliphatic hydroxyl groups is 2. The van der Waals surface area contributed by atoms with Gasteiger partial charge in [0.15, 0.2) is 0 Å². The Bertz CT molecular complexity index is 881. The van der Waals surface area contributed by atoms with Gasteiger partial charge in [0.2, 0.25) is 11.6 Å². The van der Waals surface area contributed by atoms with Gasteiger partial charge in [-0.2, -0.15) is 0 Å². The van der Waals surface area contributed by atoms with E-state index in [-0.39, 0.29) is 47.0 Å². The monoisotopic (exact) mass is 414 g/mol. The third-order valence-corrected chi connectivity index (χ3v) is 5.08. The zero-order valence-electron chi connectivity index (χ0n) is 16.6. The summed E-state index contributed by atoms with van der Waals surface area (Å²) in [5, 5.41) is 44.6. The standard InChI is InChI=1S/C22H26N2O6/c25-11-3-1-9-23-13-5-6-14(24-10-2-4-12-26)18-17(13)21(29)19-15(27)7-8-16(28)20(19)22(18)30/h5-8,23-28H,1-4,9-12H2. The first kappa shape index (κ1) is 21.6. The number of phenolic OH excluding ortho intramolecular Hbond substituents is 2. The molecule has 160 valence electrons. The highest BCUT2D eigenvalue weighted by atomic mass is 16.3. The molecule has 0 bridgehead atoms.